The molecule has 1 aromatic carbocycles. The second kappa shape index (κ2) is 5.23. The lowest BCUT2D eigenvalue weighted by Gasteiger charge is -2.05. The van der Waals surface area contributed by atoms with E-state index >= 15 is 0 Å². The first kappa shape index (κ1) is 11.3. The fourth-order valence-electron chi connectivity index (χ4n) is 1.31. The van der Waals surface area contributed by atoms with Crippen LogP contribution in [-0.4, -0.2) is 12.1 Å². The van der Waals surface area contributed by atoms with Crippen LogP contribution in [0, 0.1) is 0 Å². The van der Waals surface area contributed by atoms with Crippen molar-refractivity contribution >= 4 is 28.8 Å². The number of thioether (sulfide) groups is 1. The molecule has 2 aromatic rings. The molecule has 0 amide bonds. The quantitative estimate of drug-likeness (QED) is 0.671. The number of anilines is 1. The normalized spacial score (nSPS) is 10.3. The number of hydrogen-bond acceptors (Lipinski definition) is 5. The van der Waals surface area contributed by atoms with Gasteiger partial charge in [-0.15, -0.1) is 11.3 Å². The lowest BCUT2D eigenvalue weighted by molar-refractivity contribution is 0.414. The van der Waals surface area contributed by atoms with E-state index in [4.69, 9.17) is 10.5 Å². The Bertz CT molecular complexity index is 457. The molecule has 0 atom stereocenters. The molecule has 0 aliphatic carbocycles. The van der Waals surface area contributed by atoms with Crippen molar-refractivity contribution in [1.82, 2.24) is 4.98 Å². The number of aromatic nitrogens is 1. The minimum absolute atomic E-state index is 0.731. The monoisotopic (exact) mass is 252 g/mol. The highest BCUT2D eigenvalue weighted by Gasteiger charge is 2.02. The molecule has 0 saturated heterocycles. The lowest BCUT2D eigenvalue weighted by Crippen LogP contribution is -1.91. The molecule has 0 aliphatic heterocycles. The minimum atomic E-state index is 0.731. The highest BCUT2D eigenvalue weighted by Crippen LogP contribution is 2.27. The van der Waals surface area contributed by atoms with Crippen molar-refractivity contribution in [2.45, 2.75) is 10.1 Å². The van der Waals surface area contributed by atoms with Crippen molar-refractivity contribution in [1.29, 1.82) is 0 Å². The van der Waals surface area contributed by atoms with Gasteiger partial charge in [0.15, 0.2) is 0 Å². The molecule has 84 valence electrons. The van der Waals surface area contributed by atoms with Gasteiger partial charge in [0, 0.05) is 29.1 Å². The molecular weight excluding hydrogens is 240 g/mol. The molecule has 5 heteroatoms. The standard InChI is InChI=1S/C11H12N2OS2/c1-14-10-5-8(4-9(12)6-10)7-16-11-13-2-3-15-11/h2-6H,7,12H2,1H3. The molecule has 2 rings (SSSR count). The Kier molecular flexibility index (Phi) is 3.69. The molecule has 1 aromatic heterocycles. The van der Waals surface area contributed by atoms with Gasteiger partial charge in [-0.25, -0.2) is 4.98 Å². The van der Waals surface area contributed by atoms with Crippen LogP contribution in [0.3, 0.4) is 0 Å². The summed E-state index contributed by atoms with van der Waals surface area (Å²) >= 11 is 3.35. The maximum atomic E-state index is 5.78. The van der Waals surface area contributed by atoms with Crippen LogP contribution in [-0.2, 0) is 5.75 Å². The van der Waals surface area contributed by atoms with E-state index in [1.165, 1.54) is 0 Å². The van der Waals surface area contributed by atoms with Gasteiger partial charge in [0.05, 0.1) is 7.11 Å². The van der Waals surface area contributed by atoms with Crippen molar-refractivity contribution in [3.63, 3.8) is 0 Å². The summed E-state index contributed by atoms with van der Waals surface area (Å²) in [6.45, 7) is 0. The fourth-order valence-corrected chi connectivity index (χ4v) is 2.88. The van der Waals surface area contributed by atoms with E-state index in [1.807, 2.05) is 29.8 Å². The summed E-state index contributed by atoms with van der Waals surface area (Å²) in [5.74, 6) is 1.66. The number of rotatable bonds is 4. The SMILES string of the molecule is COc1cc(N)cc(CSc2nccs2)c1. The average Bonchev–Trinajstić information content (AvgIpc) is 2.78. The van der Waals surface area contributed by atoms with Crippen molar-refractivity contribution < 1.29 is 4.74 Å². The zero-order chi connectivity index (χ0) is 11.4. The third-order valence-electron chi connectivity index (χ3n) is 2.00. The fraction of sp³-hybridized carbons (Fsp3) is 0.182. The van der Waals surface area contributed by atoms with Crippen molar-refractivity contribution in [2.24, 2.45) is 0 Å². The van der Waals surface area contributed by atoms with Gasteiger partial charge in [-0.3, -0.25) is 0 Å². The van der Waals surface area contributed by atoms with Gasteiger partial charge in [0.2, 0.25) is 0 Å². The molecule has 0 bridgehead atoms. The zero-order valence-electron chi connectivity index (χ0n) is 8.84. The maximum Gasteiger partial charge on any atom is 0.150 e. The molecule has 0 radical (unpaired) electrons. The minimum Gasteiger partial charge on any atom is -0.497 e. The van der Waals surface area contributed by atoms with Crippen LogP contribution in [0.5, 0.6) is 5.75 Å². The predicted molar refractivity (Wildman–Crippen MR) is 69.1 cm³/mol. The van der Waals surface area contributed by atoms with Crippen LogP contribution in [0.4, 0.5) is 5.69 Å². The molecule has 0 spiro atoms. The topological polar surface area (TPSA) is 48.1 Å². The molecule has 16 heavy (non-hydrogen) atoms. The highest BCUT2D eigenvalue weighted by molar-refractivity contribution is 8.00. The number of hydrogen-bond donors (Lipinski definition) is 1. The van der Waals surface area contributed by atoms with Crippen LogP contribution in [0.2, 0.25) is 0 Å². The Balaban J connectivity index is 2.06. The van der Waals surface area contributed by atoms with E-state index in [0.29, 0.717) is 0 Å². The van der Waals surface area contributed by atoms with E-state index in [1.54, 1.807) is 30.2 Å². The van der Waals surface area contributed by atoms with Crippen LogP contribution in [0.1, 0.15) is 5.56 Å². The molecule has 1 heterocycles. The summed E-state index contributed by atoms with van der Waals surface area (Å²) in [5.41, 5.74) is 7.66. The Morgan fingerprint density at radius 2 is 2.31 bits per heavy atom. The first-order valence-corrected chi connectivity index (χ1v) is 6.60. The Hall–Kier alpha value is -1.20. The molecule has 0 unspecified atom stereocenters. The third-order valence-corrected chi connectivity index (χ3v) is 4.03. The Labute approximate surface area is 103 Å². The summed E-state index contributed by atoms with van der Waals surface area (Å²) in [5, 5.41) is 1.97. The van der Waals surface area contributed by atoms with Crippen molar-refractivity contribution in [3.05, 3.63) is 35.3 Å². The van der Waals surface area contributed by atoms with Gasteiger partial charge in [0.1, 0.15) is 10.1 Å². The van der Waals surface area contributed by atoms with E-state index in [0.717, 1.165) is 27.1 Å². The largest absolute Gasteiger partial charge is 0.497 e. The van der Waals surface area contributed by atoms with Gasteiger partial charge >= 0.3 is 0 Å². The number of methoxy groups -OCH3 is 1. The first-order valence-electron chi connectivity index (χ1n) is 4.73. The highest BCUT2D eigenvalue weighted by atomic mass is 32.2. The van der Waals surface area contributed by atoms with Crippen molar-refractivity contribution in [3.8, 4) is 5.75 Å². The van der Waals surface area contributed by atoms with Gasteiger partial charge in [-0.2, -0.15) is 0 Å². The molecule has 0 saturated carbocycles. The van der Waals surface area contributed by atoms with E-state index in [-0.39, 0.29) is 0 Å². The van der Waals surface area contributed by atoms with Crippen LogP contribution < -0.4 is 10.5 Å². The Morgan fingerprint density at radius 1 is 1.44 bits per heavy atom. The van der Waals surface area contributed by atoms with E-state index in [2.05, 4.69) is 4.98 Å². The number of nitrogen functional groups attached to an aromatic ring is 1. The summed E-state index contributed by atoms with van der Waals surface area (Å²) in [6.07, 6.45) is 1.81. The van der Waals surface area contributed by atoms with Gasteiger partial charge < -0.3 is 10.5 Å². The molecule has 3 nitrogen and oxygen atoms in total. The number of benzene rings is 1. The summed E-state index contributed by atoms with van der Waals surface area (Å²) in [4.78, 5) is 4.22. The first-order chi connectivity index (χ1) is 7.78. The number of thiazole rings is 1. The number of nitrogens with zero attached hydrogens (tertiary/aromatic N) is 1. The van der Waals surface area contributed by atoms with Gasteiger partial charge in [-0.05, 0) is 17.7 Å². The molecule has 2 N–H and O–H groups in total. The smallest absolute Gasteiger partial charge is 0.150 e. The van der Waals surface area contributed by atoms with Crippen LogP contribution in [0.15, 0.2) is 34.1 Å². The zero-order valence-corrected chi connectivity index (χ0v) is 10.5. The maximum absolute atomic E-state index is 5.78. The van der Waals surface area contributed by atoms with Crippen LogP contribution in [0.25, 0.3) is 0 Å². The van der Waals surface area contributed by atoms with Crippen molar-refractivity contribution in [2.75, 3.05) is 12.8 Å². The second-order valence-corrected chi connectivity index (χ2v) is 5.32. The van der Waals surface area contributed by atoms with Gasteiger partial charge in [0.25, 0.3) is 0 Å². The molecule has 0 aliphatic rings. The Morgan fingerprint density at radius 3 is 3.00 bits per heavy atom. The predicted octanol–water partition coefficient (Wildman–Crippen LogP) is 3.03. The summed E-state index contributed by atoms with van der Waals surface area (Å²) < 4.78 is 6.24. The second-order valence-electron chi connectivity index (χ2n) is 3.20. The van der Waals surface area contributed by atoms with Crippen LogP contribution >= 0.6 is 23.1 Å². The van der Waals surface area contributed by atoms with E-state index < -0.39 is 0 Å². The number of nitrogens with two attached hydrogens (primary N) is 1. The van der Waals surface area contributed by atoms with Gasteiger partial charge in [-0.1, -0.05) is 11.8 Å². The van der Waals surface area contributed by atoms with E-state index in [9.17, 15) is 0 Å². The summed E-state index contributed by atoms with van der Waals surface area (Å²) in [7, 11) is 1.65. The third kappa shape index (κ3) is 2.90. The molecule has 0 fully saturated rings. The lowest BCUT2D eigenvalue weighted by atomic mass is 10.2. The average molecular weight is 252 g/mol. The number of ether oxygens (including phenoxy) is 1. The summed E-state index contributed by atoms with van der Waals surface area (Å²) in [6, 6.07) is 5.78. The molecular formula is C11H12N2OS2.